The Morgan fingerprint density at radius 2 is 2.00 bits per heavy atom. The summed E-state index contributed by atoms with van der Waals surface area (Å²) < 4.78 is 44.2. The van der Waals surface area contributed by atoms with Crippen molar-refractivity contribution in [2.24, 2.45) is 5.92 Å². The SMILES string of the molecule is C=C/C(=C\C(=C/C)Oc1cccc(C(F)(F)F)c1)CNCC1CCCCC1. The number of hydrogen-bond acceptors (Lipinski definition) is 2. The van der Waals surface area contributed by atoms with Gasteiger partial charge in [-0.1, -0.05) is 38.0 Å². The average molecular weight is 379 g/mol. The smallest absolute Gasteiger partial charge is 0.416 e. The van der Waals surface area contributed by atoms with Crippen molar-refractivity contribution in [2.75, 3.05) is 13.1 Å². The number of hydrogen-bond donors (Lipinski definition) is 1. The summed E-state index contributed by atoms with van der Waals surface area (Å²) in [7, 11) is 0. The molecule has 0 heterocycles. The minimum atomic E-state index is -4.39. The summed E-state index contributed by atoms with van der Waals surface area (Å²) >= 11 is 0. The molecule has 2 rings (SSSR count). The van der Waals surface area contributed by atoms with E-state index in [-0.39, 0.29) is 5.75 Å². The highest BCUT2D eigenvalue weighted by Crippen LogP contribution is 2.31. The lowest BCUT2D eigenvalue weighted by Gasteiger charge is -2.22. The Morgan fingerprint density at radius 3 is 2.63 bits per heavy atom. The molecule has 0 atom stereocenters. The summed E-state index contributed by atoms with van der Waals surface area (Å²) in [4.78, 5) is 0. The summed E-state index contributed by atoms with van der Waals surface area (Å²) in [6, 6.07) is 4.89. The molecule has 2 nitrogen and oxygen atoms in total. The first-order chi connectivity index (χ1) is 12.9. The van der Waals surface area contributed by atoms with Gasteiger partial charge in [0.1, 0.15) is 11.5 Å². The van der Waals surface area contributed by atoms with Crippen molar-refractivity contribution >= 4 is 0 Å². The summed E-state index contributed by atoms with van der Waals surface area (Å²) in [6.45, 7) is 7.25. The molecule has 0 unspecified atom stereocenters. The molecule has 1 aliphatic rings. The van der Waals surface area contributed by atoms with Crippen molar-refractivity contribution in [1.29, 1.82) is 0 Å². The second-order valence-corrected chi connectivity index (χ2v) is 6.88. The van der Waals surface area contributed by atoms with E-state index in [4.69, 9.17) is 4.74 Å². The number of alkyl halides is 3. The van der Waals surface area contributed by atoms with E-state index >= 15 is 0 Å². The van der Waals surface area contributed by atoms with Gasteiger partial charge in [-0.25, -0.2) is 0 Å². The maximum atomic E-state index is 12.8. The lowest BCUT2D eigenvalue weighted by molar-refractivity contribution is -0.137. The van der Waals surface area contributed by atoms with Crippen LogP contribution >= 0.6 is 0 Å². The van der Waals surface area contributed by atoms with Crippen LogP contribution in [0, 0.1) is 5.92 Å². The predicted molar refractivity (Wildman–Crippen MR) is 104 cm³/mol. The Labute approximate surface area is 159 Å². The molecule has 0 aromatic heterocycles. The molecule has 1 saturated carbocycles. The minimum absolute atomic E-state index is 0.160. The molecule has 0 radical (unpaired) electrons. The Balaban J connectivity index is 1.95. The zero-order valence-electron chi connectivity index (χ0n) is 15.8. The topological polar surface area (TPSA) is 21.3 Å². The van der Waals surface area contributed by atoms with Crippen molar-refractivity contribution < 1.29 is 17.9 Å². The highest BCUT2D eigenvalue weighted by Gasteiger charge is 2.30. The van der Waals surface area contributed by atoms with Crippen molar-refractivity contribution in [3.8, 4) is 5.75 Å². The third-order valence-electron chi connectivity index (χ3n) is 4.76. The van der Waals surface area contributed by atoms with Crippen LogP contribution < -0.4 is 10.1 Å². The first kappa shape index (κ1) is 21.3. The normalized spacial score (nSPS) is 17.0. The fraction of sp³-hybridized carbons (Fsp3) is 0.455. The van der Waals surface area contributed by atoms with Gasteiger partial charge in [-0.2, -0.15) is 13.2 Å². The average Bonchev–Trinajstić information content (AvgIpc) is 2.66. The van der Waals surface area contributed by atoms with Crippen LogP contribution in [0.25, 0.3) is 0 Å². The number of halogens is 3. The molecule has 1 aromatic carbocycles. The molecule has 148 valence electrons. The first-order valence-electron chi connectivity index (χ1n) is 9.47. The highest BCUT2D eigenvalue weighted by molar-refractivity contribution is 5.34. The number of allylic oxidation sites excluding steroid dienone is 2. The van der Waals surface area contributed by atoms with Crippen molar-refractivity contribution in [3.05, 3.63) is 66.0 Å². The Hall–Kier alpha value is -2.01. The number of benzene rings is 1. The predicted octanol–water partition coefficient (Wildman–Crippen LogP) is 6.27. The number of nitrogens with one attached hydrogen (secondary N) is 1. The monoisotopic (exact) mass is 379 g/mol. The molecular formula is C22H28F3NO. The van der Waals surface area contributed by atoms with Crippen molar-refractivity contribution in [2.45, 2.75) is 45.2 Å². The van der Waals surface area contributed by atoms with Gasteiger partial charge < -0.3 is 10.1 Å². The van der Waals surface area contributed by atoms with E-state index in [2.05, 4.69) is 11.9 Å². The fourth-order valence-electron chi connectivity index (χ4n) is 3.22. The van der Waals surface area contributed by atoms with E-state index < -0.39 is 11.7 Å². The first-order valence-corrected chi connectivity index (χ1v) is 9.47. The second-order valence-electron chi connectivity index (χ2n) is 6.88. The molecule has 0 spiro atoms. The second kappa shape index (κ2) is 10.4. The summed E-state index contributed by atoms with van der Waals surface area (Å²) in [5, 5.41) is 3.46. The van der Waals surface area contributed by atoms with Gasteiger partial charge >= 0.3 is 6.18 Å². The zero-order chi connectivity index (χ0) is 19.7. The van der Waals surface area contributed by atoms with Crippen LogP contribution in [-0.2, 0) is 6.18 Å². The summed E-state index contributed by atoms with van der Waals surface area (Å²) in [5.74, 6) is 1.38. The molecule has 0 aliphatic heterocycles. The Kier molecular flexibility index (Phi) is 8.17. The molecule has 1 fully saturated rings. The highest BCUT2D eigenvalue weighted by atomic mass is 19.4. The van der Waals surface area contributed by atoms with Crippen molar-refractivity contribution in [3.63, 3.8) is 0 Å². The van der Waals surface area contributed by atoms with Gasteiger partial charge in [-0.05, 0) is 68.2 Å². The largest absolute Gasteiger partial charge is 0.458 e. The quantitative estimate of drug-likeness (QED) is 0.424. The third kappa shape index (κ3) is 7.25. The van der Waals surface area contributed by atoms with Gasteiger partial charge in [-0.15, -0.1) is 0 Å². The third-order valence-corrected chi connectivity index (χ3v) is 4.76. The van der Waals surface area contributed by atoms with Crippen LogP contribution in [0.2, 0.25) is 0 Å². The molecule has 5 heteroatoms. The molecule has 27 heavy (non-hydrogen) atoms. The molecule has 0 amide bonds. The maximum Gasteiger partial charge on any atom is 0.416 e. The van der Waals surface area contributed by atoms with Gasteiger partial charge in [0.2, 0.25) is 0 Å². The van der Waals surface area contributed by atoms with Gasteiger partial charge in [0.05, 0.1) is 5.56 Å². The van der Waals surface area contributed by atoms with Crippen LogP contribution in [0.4, 0.5) is 13.2 Å². The maximum absolute atomic E-state index is 12.8. The molecule has 0 saturated heterocycles. The molecule has 1 aromatic rings. The molecule has 1 N–H and O–H groups in total. The van der Waals surface area contributed by atoms with E-state index in [1.54, 1.807) is 25.2 Å². The van der Waals surface area contributed by atoms with E-state index in [0.717, 1.165) is 30.2 Å². The van der Waals surface area contributed by atoms with Gasteiger partial charge in [0, 0.05) is 6.54 Å². The van der Waals surface area contributed by atoms with Crippen LogP contribution in [0.5, 0.6) is 5.75 Å². The molecule has 0 bridgehead atoms. The van der Waals surface area contributed by atoms with Gasteiger partial charge in [0.25, 0.3) is 0 Å². The molecular weight excluding hydrogens is 351 g/mol. The summed E-state index contributed by atoms with van der Waals surface area (Å²) in [5.41, 5.74) is 0.211. The van der Waals surface area contributed by atoms with E-state index in [1.165, 1.54) is 44.2 Å². The Morgan fingerprint density at radius 1 is 1.26 bits per heavy atom. The fourth-order valence-corrected chi connectivity index (χ4v) is 3.22. The standard InChI is InChI=1S/C22H28F3NO/c1-3-17(15-26-16-18-9-6-5-7-10-18)13-20(4-2)27-21-12-8-11-19(14-21)22(23,24)25/h3-4,8,11-14,18,26H,1,5-7,9-10,15-16H2,2H3/b17-13+,20-4+. The van der Waals surface area contributed by atoms with Crippen LogP contribution in [0.15, 0.2) is 60.4 Å². The van der Waals surface area contributed by atoms with Crippen LogP contribution in [-0.4, -0.2) is 13.1 Å². The van der Waals surface area contributed by atoms with Crippen molar-refractivity contribution in [1.82, 2.24) is 5.32 Å². The van der Waals surface area contributed by atoms with E-state index in [9.17, 15) is 13.2 Å². The lowest BCUT2D eigenvalue weighted by atomic mass is 9.89. The van der Waals surface area contributed by atoms with Gasteiger partial charge in [-0.3, -0.25) is 0 Å². The van der Waals surface area contributed by atoms with Crippen LogP contribution in [0.3, 0.4) is 0 Å². The van der Waals surface area contributed by atoms with E-state index in [1.807, 2.05) is 0 Å². The van der Waals surface area contributed by atoms with E-state index in [0.29, 0.717) is 12.3 Å². The number of ether oxygens (including phenoxy) is 1. The summed E-state index contributed by atoms with van der Waals surface area (Å²) in [6.07, 6.45) is 7.40. The van der Waals surface area contributed by atoms with Gasteiger partial charge in [0.15, 0.2) is 0 Å². The number of rotatable bonds is 8. The Bertz CT molecular complexity index is 670. The zero-order valence-corrected chi connectivity index (χ0v) is 15.8. The minimum Gasteiger partial charge on any atom is -0.458 e. The lowest BCUT2D eigenvalue weighted by Crippen LogP contribution is -2.26. The molecule has 1 aliphatic carbocycles. The van der Waals surface area contributed by atoms with Crippen LogP contribution in [0.1, 0.15) is 44.6 Å².